The third kappa shape index (κ3) is 33.5. The summed E-state index contributed by atoms with van der Waals surface area (Å²) >= 11 is -4.29. The summed E-state index contributed by atoms with van der Waals surface area (Å²) in [6, 6.07) is 0. The normalized spacial score (nSPS) is 9.83. The predicted molar refractivity (Wildman–Crippen MR) is 27.2 cm³/mol. The second kappa shape index (κ2) is 4.20. The van der Waals surface area contributed by atoms with Gasteiger partial charge in [-0.2, -0.15) is 0 Å². The maximum atomic E-state index is 7.62. The zero-order chi connectivity index (χ0) is 4.50. The topological polar surface area (TPSA) is 60.7 Å². The van der Waals surface area contributed by atoms with Gasteiger partial charge in [0, 0.05) is 0 Å². The van der Waals surface area contributed by atoms with E-state index in [1.54, 1.807) is 0 Å². The van der Waals surface area contributed by atoms with Crippen molar-refractivity contribution in [3.05, 3.63) is 0 Å². The van der Waals surface area contributed by atoms with Crippen LogP contribution in [0.2, 0.25) is 0 Å². The van der Waals surface area contributed by atoms with Crippen molar-refractivity contribution >= 4 is 74.7 Å². The van der Waals surface area contributed by atoms with Crippen LogP contribution in [0.4, 0.5) is 0 Å². The zero-order valence-corrected chi connectivity index (χ0v) is 4.89. The van der Waals surface area contributed by atoms with Gasteiger partial charge in [0.15, 0.2) is 0 Å². The van der Waals surface area contributed by atoms with E-state index in [0.29, 0.717) is 0 Å². The predicted octanol–water partition coefficient (Wildman–Crippen LogP) is -2.05. The van der Waals surface area contributed by atoms with Gasteiger partial charge in [-0.05, 0) is 0 Å². The van der Waals surface area contributed by atoms with E-state index in [-0.39, 0.29) is 51.4 Å². The van der Waals surface area contributed by atoms with Crippen molar-refractivity contribution in [3.63, 3.8) is 0 Å². The fourth-order valence-corrected chi connectivity index (χ4v) is 0. The summed E-state index contributed by atoms with van der Waals surface area (Å²) in [6.45, 7) is 0. The van der Waals surface area contributed by atoms with Gasteiger partial charge in [-0.15, -0.1) is 0 Å². The second-order valence-corrected chi connectivity index (χ2v) is 5.21. The van der Waals surface area contributed by atoms with E-state index in [1.165, 1.54) is 0 Å². The van der Waals surface area contributed by atoms with E-state index in [2.05, 4.69) is 10.4 Å². The fraction of sp³-hybridized carbons (Fsp3) is 0. The zero-order valence-electron chi connectivity index (χ0n) is 2.20. The second-order valence-electron chi connectivity index (χ2n) is 0.513. The SMILES string of the molecule is O[As](O)(O)=S.[KH]. The fourth-order valence-electron chi connectivity index (χ4n) is 0. The van der Waals surface area contributed by atoms with Crippen LogP contribution < -0.4 is 0 Å². The molecule has 0 heterocycles. The monoisotopic (exact) mass is 198 g/mol. The Morgan fingerprint density at radius 2 is 1.17 bits per heavy atom. The summed E-state index contributed by atoms with van der Waals surface area (Å²) in [5.41, 5.74) is 0. The molecular formula is H4AsKO3S. The first-order valence-corrected chi connectivity index (χ1v) is 5.96. The first kappa shape index (κ1) is 11.1. The molecule has 0 aromatic heterocycles. The summed E-state index contributed by atoms with van der Waals surface area (Å²) in [7, 11) is 3.66. The van der Waals surface area contributed by atoms with Gasteiger partial charge in [0.1, 0.15) is 0 Å². The molecule has 0 saturated heterocycles. The minimum absolute atomic E-state index is 0. The van der Waals surface area contributed by atoms with Crippen LogP contribution in [0.15, 0.2) is 0 Å². The van der Waals surface area contributed by atoms with Crippen LogP contribution in [-0.4, -0.2) is 76.6 Å². The molecule has 6 heavy (non-hydrogen) atoms. The van der Waals surface area contributed by atoms with Crippen LogP contribution in [0.25, 0.3) is 0 Å². The average Bonchev–Trinajstić information content (AvgIpc) is 0.722. The standard InChI is InChI=1S/AsH3O3S.K.H/c2-1(3,4)5;;/h(H3,2,3,4,5);;. The van der Waals surface area contributed by atoms with Gasteiger partial charge in [-0.25, -0.2) is 0 Å². The molecule has 0 aromatic carbocycles. The quantitative estimate of drug-likeness (QED) is 0.392. The van der Waals surface area contributed by atoms with E-state index >= 15 is 0 Å². The van der Waals surface area contributed by atoms with Crippen LogP contribution in [0.5, 0.6) is 0 Å². The molecule has 0 fully saturated rings. The summed E-state index contributed by atoms with van der Waals surface area (Å²) in [5, 5.41) is 0. The molecule has 0 radical (unpaired) electrons. The van der Waals surface area contributed by atoms with E-state index in [0.717, 1.165) is 0 Å². The Morgan fingerprint density at radius 1 is 1.17 bits per heavy atom. The van der Waals surface area contributed by atoms with Crippen LogP contribution in [-0.2, 0) is 0 Å². The van der Waals surface area contributed by atoms with Crippen molar-refractivity contribution < 1.29 is 12.3 Å². The Labute approximate surface area is 85.1 Å². The van der Waals surface area contributed by atoms with Crippen LogP contribution in [0, 0.1) is 0 Å². The molecule has 0 bridgehead atoms. The third-order valence-electron chi connectivity index (χ3n) is 0. The molecule has 3 nitrogen and oxygen atoms in total. The van der Waals surface area contributed by atoms with Crippen molar-refractivity contribution in [1.82, 2.24) is 0 Å². The van der Waals surface area contributed by atoms with Gasteiger partial charge < -0.3 is 0 Å². The van der Waals surface area contributed by atoms with E-state index in [4.69, 9.17) is 12.3 Å². The van der Waals surface area contributed by atoms with Gasteiger partial charge in [-0.3, -0.25) is 0 Å². The molecule has 0 amide bonds. The van der Waals surface area contributed by atoms with Gasteiger partial charge in [0.25, 0.3) is 0 Å². The Morgan fingerprint density at radius 3 is 1.17 bits per heavy atom. The Hall–Kier alpha value is 2.29. The first-order valence-electron chi connectivity index (χ1n) is 0.783. The van der Waals surface area contributed by atoms with Crippen molar-refractivity contribution in [1.29, 1.82) is 0 Å². The molecule has 0 saturated carbocycles. The molecule has 34 valence electrons. The molecule has 0 atom stereocenters. The van der Waals surface area contributed by atoms with E-state index in [9.17, 15) is 0 Å². The maximum absolute atomic E-state index is 7.62. The summed E-state index contributed by atoms with van der Waals surface area (Å²) in [6.07, 6.45) is 0. The van der Waals surface area contributed by atoms with Crippen molar-refractivity contribution in [2.24, 2.45) is 0 Å². The van der Waals surface area contributed by atoms with Gasteiger partial charge >= 0.3 is 87.0 Å². The molecule has 0 aliphatic carbocycles. The Bertz CT molecular complexity index is 56.9. The number of hydrogen-bond donors (Lipinski definition) is 3. The van der Waals surface area contributed by atoms with Crippen LogP contribution >= 0.6 is 10.4 Å². The molecule has 0 aliphatic rings. The van der Waals surface area contributed by atoms with E-state index in [1.807, 2.05) is 0 Å². The summed E-state index contributed by atoms with van der Waals surface area (Å²) < 4.78 is 22.9. The van der Waals surface area contributed by atoms with Crippen molar-refractivity contribution in [2.75, 3.05) is 0 Å². The molecule has 0 spiro atoms. The number of rotatable bonds is 0. The van der Waals surface area contributed by atoms with Crippen molar-refractivity contribution in [2.45, 2.75) is 0 Å². The molecule has 6 heteroatoms. The average molecular weight is 198 g/mol. The Kier molecular flexibility index (Phi) is 7.80. The van der Waals surface area contributed by atoms with Crippen molar-refractivity contribution in [3.8, 4) is 0 Å². The number of hydrogen-bond acceptors (Lipinski definition) is 1. The molecule has 0 rings (SSSR count). The van der Waals surface area contributed by atoms with E-state index < -0.39 is 12.9 Å². The summed E-state index contributed by atoms with van der Waals surface area (Å²) in [4.78, 5) is 0. The third-order valence-corrected chi connectivity index (χ3v) is 0. The van der Waals surface area contributed by atoms with Gasteiger partial charge in [0.2, 0.25) is 0 Å². The molecule has 3 N–H and O–H groups in total. The Balaban J connectivity index is 0. The van der Waals surface area contributed by atoms with Crippen LogP contribution in [0.3, 0.4) is 0 Å². The van der Waals surface area contributed by atoms with Gasteiger partial charge in [-0.1, -0.05) is 0 Å². The van der Waals surface area contributed by atoms with Gasteiger partial charge in [0.05, 0.1) is 0 Å². The molecule has 0 aromatic rings. The first-order chi connectivity index (χ1) is 2.00. The molecular weight excluding hydrogens is 194 g/mol. The minimum atomic E-state index is -4.29. The molecule has 0 aliphatic heterocycles. The summed E-state index contributed by atoms with van der Waals surface area (Å²) in [5.74, 6) is 0. The van der Waals surface area contributed by atoms with Crippen LogP contribution in [0.1, 0.15) is 0 Å². The molecule has 0 unspecified atom stereocenters.